The Morgan fingerprint density at radius 3 is 2.31 bits per heavy atom. The van der Waals surface area contributed by atoms with Crippen molar-refractivity contribution >= 4 is 21.6 Å². The van der Waals surface area contributed by atoms with Crippen LogP contribution in [-0.4, -0.2) is 21.4 Å². The average molecular weight is 410 g/mol. The van der Waals surface area contributed by atoms with Crippen LogP contribution in [0.3, 0.4) is 0 Å². The molecule has 0 aliphatic rings. The number of aryl methyl sites for hydroxylation is 1. The van der Waals surface area contributed by atoms with E-state index in [1.165, 1.54) is 6.07 Å². The number of anilines is 1. The molecule has 0 aliphatic carbocycles. The molecule has 0 radical (unpaired) electrons. The molecule has 29 heavy (non-hydrogen) atoms. The maximum absolute atomic E-state index is 12.5. The second-order valence-corrected chi connectivity index (χ2v) is 8.21. The minimum Gasteiger partial charge on any atom is -0.497 e. The fourth-order valence-corrected chi connectivity index (χ4v) is 3.73. The van der Waals surface area contributed by atoms with Crippen LogP contribution in [0.5, 0.6) is 5.75 Å². The molecule has 7 heteroatoms. The standard InChI is InChI=1S/C22H22N2O4S/c1-16-6-12-21(13-7-16)29(26,27)24-19-5-3-4-18(14-19)22(25)23-15-17-8-10-20(28-2)11-9-17/h3-14,24H,15H2,1-2H3,(H,23,25). The summed E-state index contributed by atoms with van der Waals surface area (Å²) in [6, 6.07) is 20.3. The normalized spacial score (nSPS) is 11.0. The highest BCUT2D eigenvalue weighted by atomic mass is 32.2. The van der Waals surface area contributed by atoms with Gasteiger partial charge in [0.1, 0.15) is 5.75 Å². The average Bonchev–Trinajstić information content (AvgIpc) is 2.72. The third-order valence-corrected chi connectivity index (χ3v) is 5.72. The van der Waals surface area contributed by atoms with E-state index in [4.69, 9.17) is 4.74 Å². The van der Waals surface area contributed by atoms with Gasteiger partial charge in [0, 0.05) is 17.8 Å². The predicted octanol–water partition coefficient (Wildman–Crippen LogP) is 3.73. The Morgan fingerprint density at radius 1 is 0.966 bits per heavy atom. The molecule has 0 heterocycles. The van der Waals surface area contributed by atoms with Gasteiger partial charge >= 0.3 is 0 Å². The van der Waals surface area contributed by atoms with Crippen LogP contribution in [0.15, 0.2) is 77.7 Å². The molecular formula is C22H22N2O4S. The van der Waals surface area contributed by atoms with Crippen molar-refractivity contribution in [2.75, 3.05) is 11.8 Å². The SMILES string of the molecule is COc1ccc(CNC(=O)c2cccc(NS(=O)(=O)c3ccc(C)cc3)c2)cc1. The lowest BCUT2D eigenvalue weighted by molar-refractivity contribution is 0.0951. The van der Waals surface area contributed by atoms with Crippen molar-refractivity contribution in [3.05, 3.63) is 89.5 Å². The molecule has 0 saturated heterocycles. The number of nitrogens with one attached hydrogen (secondary N) is 2. The number of sulfonamides is 1. The van der Waals surface area contributed by atoms with Crippen LogP contribution in [-0.2, 0) is 16.6 Å². The number of carbonyl (C=O) groups is 1. The molecule has 0 aliphatic heterocycles. The topological polar surface area (TPSA) is 84.5 Å². The molecule has 3 aromatic rings. The van der Waals surface area contributed by atoms with E-state index in [0.717, 1.165) is 16.9 Å². The Morgan fingerprint density at radius 2 is 1.66 bits per heavy atom. The first-order chi connectivity index (χ1) is 13.9. The van der Waals surface area contributed by atoms with Gasteiger partial charge in [-0.3, -0.25) is 9.52 Å². The Bertz CT molecular complexity index is 1090. The van der Waals surface area contributed by atoms with E-state index < -0.39 is 10.0 Å². The molecule has 0 aromatic heterocycles. The first-order valence-electron chi connectivity index (χ1n) is 8.98. The zero-order valence-electron chi connectivity index (χ0n) is 16.2. The molecule has 0 spiro atoms. The zero-order chi connectivity index (χ0) is 20.9. The molecule has 0 saturated carbocycles. The molecule has 0 atom stereocenters. The molecule has 1 amide bonds. The highest BCUT2D eigenvalue weighted by Gasteiger charge is 2.15. The number of methoxy groups -OCH3 is 1. The smallest absolute Gasteiger partial charge is 0.261 e. The summed E-state index contributed by atoms with van der Waals surface area (Å²) in [6.45, 7) is 2.24. The Hall–Kier alpha value is -3.32. The van der Waals surface area contributed by atoms with Crippen molar-refractivity contribution in [2.24, 2.45) is 0 Å². The molecule has 2 N–H and O–H groups in total. The monoisotopic (exact) mass is 410 g/mol. The lowest BCUT2D eigenvalue weighted by Gasteiger charge is -2.10. The van der Waals surface area contributed by atoms with E-state index in [1.54, 1.807) is 49.6 Å². The highest BCUT2D eigenvalue weighted by molar-refractivity contribution is 7.92. The highest BCUT2D eigenvalue weighted by Crippen LogP contribution is 2.18. The van der Waals surface area contributed by atoms with Crippen LogP contribution in [0.25, 0.3) is 0 Å². The zero-order valence-corrected chi connectivity index (χ0v) is 17.0. The first kappa shape index (κ1) is 20.4. The first-order valence-corrected chi connectivity index (χ1v) is 10.5. The van der Waals surface area contributed by atoms with Crippen LogP contribution < -0.4 is 14.8 Å². The van der Waals surface area contributed by atoms with Gasteiger partial charge in [-0.15, -0.1) is 0 Å². The molecular weight excluding hydrogens is 388 g/mol. The van der Waals surface area contributed by atoms with E-state index in [1.807, 2.05) is 31.2 Å². The summed E-state index contributed by atoms with van der Waals surface area (Å²) >= 11 is 0. The molecule has 3 rings (SSSR count). The summed E-state index contributed by atoms with van der Waals surface area (Å²) in [5.41, 5.74) is 2.58. The number of ether oxygens (including phenoxy) is 1. The summed E-state index contributed by atoms with van der Waals surface area (Å²) in [5, 5.41) is 2.82. The van der Waals surface area contributed by atoms with Crippen LogP contribution in [0.2, 0.25) is 0 Å². The number of hydrogen-bond donors (Lipinski definition) is 2. The fraction of sp³-hybridized carbons (Fsp3) is 0.136. The van der Waals surface area contributed by atoms with Crippen LogP contribution >= 0.6 is 0 Å². The molecule has 0 bridgehead atoms. The molecule has 6 nitrogen and oxygen atoms in total. The van der Waals surface area contributed by atoms with Crippen molar-refractivity contribution in [1.29, 1.82) is 0 Å². The van der Waals surface area contributed by atoms with E-state index in [2.05, 4.69) is 10.0 Å². The Labute approximate surface area is 170 Å². The summed E-state index contributed by atoms with van der Waals surface area (Å²) < 4.78 is 32.7. The van der Waals surface area contributed by atoms with E-state index in [-0.39, 0.29) is 10.8 Å². The quantitative estimate of drug-likeness (QED) is 0.622. The second-order valence-electron chi connectivity index (χ2n) is 6.53. The van der Waals surface area contributed by atoms with Gasteiger partial charge in [-0.05, 0) is 55.0 Å². The Balaban J connectivity index is 1.68. The molecule has 3 aromatic carbocycles. The van der Waals surface area contributed by atoms with Crippen LogP contribution in [0, 0.1) is 6.92 Å². The largest absolute Gasteiger partial charge is 0.497 e. The van der Waals surface area contributed by atoms with Gasteiger partial charge in [0.15, 0.2) is 0 Å². The molecule has 150 valence electrons. The summed E-state index contributed by atoms with van der Waals surface area (Å²) in [5.74, 6) is 0.450. The minimum absolute atomic E-state index is 0.164. The fourth-order valence-electron chi connectivity index (χ4n) is 2.68. The van der Waals surface area contributed by atoms with Gasteiger partial charge in [0.05, 0.1) is 12.0 Å². The summed E-state index contributed by atoms with van der Waals surface area (Å²) in [4.78, 5) is 12.6. The van der Waals surface area contributed by atoms with Crippen molar-refractivity contribution in [3.63, 3.8) is 0 Å². The summed E-state index contributed by atoms with van der Waals surface area (Å²) in [6.07, 6.45) is 0. The van der Waals surface area contributed by atoms with E-state index >= 15 is 0 Å². The maximum Gasteiger partial charge on any atom is 0.261 e. The van der Waals surface area contributed by atoms with Gasteiger partial charge < -0.3 is 10.1 Å². The lowest BCUT2D eigenvalue weighted by atomic mass is 10.1. The van der Waals surface area contributed by atoms with Gasteiger partial charge in [-0.2, -0.15) is 0 Å². The van der Waals surface area contributed by atoms with Crippen molar-refractivity contribution < 1.29 is 17.9 Å². The third kappa shape index (κ3) is 5.36. The summed E-state index contributed by atoms with van der Waals surface area (Å²) in [7, 11) is -2.13. The number of rotatable bonds is 7. The second kappa shape index (κ2) is 8.79. The van der Waals surface area contributed by atoms with Gasteiger partial charge in [-0.25, -0.2) is 8.42 Å². The van der Waals surface area contributed by atoms with Crippen molar-refractivity contribution in [3.8, 4) is 5.75 Å². The number of benzene rings is 3. The van der Waals surface area contributed by atoms with Gasteiger partial charge in [0.2, 0.25) is 0 Å². The molecule has 0 fully saturated rings. The third-order valence-electron chi connectivity index (χ3n) is 4.32. The predicted molar refractivity (Wildman–Crippen MR) is 113 cm³/mol. The van der Waals surface area contributed by atoms with E-state index in [9.17, 15) is 13.2 Å². The van der Waals surface area contributed by atoms with Gasteiger partial charge in [-0.1, -0.05) is 35.9 Å². The van der Waals surface area contributed by atoms with Crippen LogP contribution in [0.4, 0.5) is 5.69 Å². The lowest BCUT2D eigenvalue weighted by Crippen LogP contribution is -2.23. The van der Waals surface area contributed by atoms with Crippen molar-refractivity contribution in [1.82, 2.24) is 5.32 Å². The van der Waals surface area contributed by atoms with Crippen molar-refractivity contribution in [2.45, 2.75) is 18.4 Å². The van der Waals surface area contributed by atoms with E-state index in [0.29, 0.717) is 17.8 Å². The number of hydrogen-bond acceptors (Lipinski definition) is 4. The number of carbonyl (C=O) groups excluding carboxylic acids is 1. The van der Waals surface area contributed by atoms with Gasteiger partial charge in [0.25, 0.3) is 15.9 Å². The Kier molecular flexibility index (Phi) is 6.19. The van der Waals surface area contributed by atoms with Crippen LogP contribution in [0.1, 0.15) is 21.5 Å². The molecule has 0 unspecified atom stereocenters. The minimum atomic E-state index is -3.73. The maximum atomic E-state index is 12.5. The number of amides is 1.